The highest BCUT2D eigenvalue weighted by Gasteiger charge is 2.33. The Morgan fingerprint density at radius 1 is 0.944 bits per heavy atom. The SMILES string of the molecule is C[C@H](NC(=O)[C@H](C)NC(=O)C(C)(C)NC(=O)OCc1ccccc1)C(=O)N[C@@H](CCCCN)C(=O)O. The van der Waals surface area contributed by atoms with Crippen molar-refractivity contribution >= 4 is 29.8 Å². The van der Waals surface area contributed by atoms with E-state index in [0.29, 0.717) is 19.4 Å². The van der Waals surface area contributed by atoms with Gasteiger partial charge in [0, 0.05) is 0 Å². The van der Waals surface area contributed by atoms with Crippen LogP contribution in [0, 0.1) is 0 Å². The van der Waals surface area contributed by atoms with Gasteiger partial charge in [-0.3, -0.25) is 14.4 Å². The molecule has 0 aliphatic rings. The van der Waals surface area contributed by atoms with Crippen molar-refractivity contribution in [2.75, 3.05) is 6.54 Å². The smallest absolute Gasteiger partial charge is 0.408 e. The van der Waals surface area contributed by atoms with Crippen molar-refractivity contribution in [3.8, 4) is 0 Å². The van der Waals surface area contributed by atoms with E-state index < -0.39 is 53.4 Å². The second-order valence-corrected chi connectivity index (χ2v) is 8.92. The summed E-state index contributed by atoms with van der Waals surface area (Å²) in [6.45, 7) is 6.15. The first-order valence-corrected chi connectivity index (χ1v) is 11.7. The molecule has 0 bridgehead atoms. The Morgan fingerprint density at radius 3 is 2.11 bits per heavy atom. The number of alkyl carbamates (subject to hydrolysis) is 1. The third kappa shape index (κ3) is 10.7. The van der Waals surface area contributed by atoms with Crippen LogP contribution in [0.5, 0.6) is 0 Å². The summed E-state index contributed by atoms with van der Waals surface area (Å²) in [5.74, 6) is -3.17. The highest BCUT2D eigenvalue weighted by Crippen LogP contribution is 2.06. The van der Waals surface area contributed by atoms with Crippen LogP contribution in [-0.2, 0) is 30.5 Å². The molecule has 0 aliphatic carbocycles. The van der Waals surface area contributed by atoms with E-state index >= 15 is 0 Å². The van der Waals surface area contributed by atoms with Crippen molar-refractivity contribution < 1.29 is 33.8 Å². The molecule has 200 valence electrons. The van der Waals surface area contributed by atoms with Gasteiger partial charge >= 0.3 is 12.1 Å². The van der Waals surface area contributed by atoms with Crippen LogP contribution in [0.3, 0.4) is 0 Å². The van der Waals surface area contributed by atoms with Crippen molar-refractivity contribution in [3.05, 3.63) is 35.9 Å². The summed E-state index contributed by atoms with van der Waals surface area (Å²) in [5, 5.41) is 19.0. The second kappa shape index (κ2) is 14.7. The van der Waals surface area contributed by atoms with Crippen LogP contribution in [0.15, 0.2) is 30.3 Å². The summed E-state index contributed by atoms with van der Waals surface area (Å²) in [5.41, 5.74) is 4.79. The summed E-state index contributed by atoms with van der Waals surface area (Å²) in [7, 11) is 0. The third-order valence-corrected chi connectivity index (χ3v) is 5.25. The minimum atomic E-state index is -1.40. The minimum Gasteiger partial charge on any atom is -0.480 e. The lowest BCUT2D eigenvalue weighted by atomic mass is 10.0. The number of hydrogen-bond donors (Lipinski definition) is 6. The fourth-order valence-electron chi connectivity index (χ4n) is 2.96. The molecule has 0 spiro atoms. The molecule has 0 heterocycles. The predicted molar refractivity (Wildman–Crippen MR) is 132 cm³/mol. The molecule has 1 aromatic rings. The van der Waals surface area contributed by atoms with Crippen LogP contribution in [0.1, 0.15) is 52.5 Å². The van der Waals surface area contributed by atoms with E-state index in [1.165, 1.54) is 27.7 Å². The molecule has 7 N–H and O–H groups in total. The number of unbranched alkanes of at least 4 members (excludes halogenated alkanes) is 1. The van der Waals surface area contributed by atoms with Gasteiger partial charge in [-0.15, -0.1) is 0 Å². The van der Waals surface area contributed by atoms with Crippen LogP contribution < -0.4 is 27.0 Å². The zero-order chi connectivity index (χ0) is 27.3. The maximum Gasteiger partial charge on any atom is 0.408 e. The molecule has 3 atom stereocenters. The van der Waals surface area contributed by atoms with Gasteiger partial charge in [-0.1, -0.05) is 30.3 Å². The number of rotatable bonds is 14. The topological polar surface area (TPSA) is 189 Å². The first-order chi connectivity index (χ1) is 16.9. The van der Waals surface area contributed by atoms with Gasteiger partial charge in [0.05, 0.1) is 0 Å². The molecule has 0 unspecified atom stereocenters. The number of aliphatic carboxylic acids is 1. The van der Waals surface area contributed by atoms with Crippen LogP contribution in [0.25, 0.3) is 0 Å². The lowest BCUT2D eigenvalue weighted by molar-refractivity contribution is -0.142. The molecule has 1 aromatic carbocycles. The highest BCUT2D eigenvalue weighted by atomic mass is 16.5. The van der Waals surface area contributed by atoms with E-state index in [4.69, 9.17) is 10.5 Å². The van der Waals surface area contributed by atoms with Gasteiger partial charge in [0.25, 0.3) is 0 Å². The minimum absolute atomic E-state index is 0.0267. The monoisotopic (exact) mass is 507 g/mol. The largest absolute Gasteiger partial charge is 0.480 e. The van der Waals surface area contributed by atoms with Crippen molar-refractivity contribution in [1.29, 1.82) is 0 Å². The van der Waals surface area contributed by atoms with Crippen LogP contribution in [-0.4, -0.2) is 65.1 Å². The molecule has 0 fully saturated rings. The Balaban J connectivity index is 2.55. The standard InChI is InChI=1S/C24H37N5O7/c1-15(20(31)28-18(21(32)33)12-8-9-13-25)26-19(30)16(2)27-22(34)24(3,4)29-23(35)36-14-17-10-6-5-7-11-17/h5-7,10-11,15-16,18H,8-9,12-14,25H2,1-4H3,(H,26,30)(H,27,34)(H,28,31)(H,29,35)(H,32,33)/t15-,16-,18-/m0/s1. The molecule has 12 nitrogen and oxygen atoms in total. The number of nitrogens with one attached hydrogen (secondary N) is 4. The van der Waals surface area contributed by atoms with Gasteiger partial charge in [0.2, 0.25) is 17.7 Å². The van der Waals surface area contributed by atoms with Gasteiger partial charge in [-0.25, -0.2) is 9.59 Å². The quantitative estimate of drug-likeness (QED) is 0.195. The number of carbonyl (C=O) groups excluding carboxylic acids is 4. The van der Waals surface area contributed by atoms with Crippen LogP contribution >= 0.6 is 0 Å². The average molecular weight is 508 g/mol. The number of carboxylic acids is 1. The van der Waals surface area contributed by atoms with Crippen molar-refractivity contribution in [2.24, 2.45) is 5.73 Å². The van der Waals surface area contributed by atoms with Crippen molar-refractivity contribution in [3.63, 3.8) is 0 Å². The number of carboxylic acid groups (broad SMARTS) is 1. The van der Waals surface area contributed by atoms with Crippen molar-refractivity contribution in [2.45, 2.75) is 77.2 Å². The van der Waals surface area contributed by atoms with E-state index in [9.17, 15) is 29.1 Å². The van der Waals surface area contributed by atoms with Crippen LogP contribution in [0.4, 0.5) is 4.79 Å². The number of ether oxygens (including phenoxy) is 1. The lowest BCUT2D eigenvalue weighted by Crippen LogP contribution is -2.59. The molecule has 0 aromatic heterocycles. The Hall–Kier alpha value is -3.67. The van der Waals surface area contributed by atoms with Gasteiger partial charge < -0.3 is 36.8 Å². The van der Waals surface area contributed by atoms with E-state index in [-0.39, 0.29) is 13.0 Å². The molecule has 1 rings (SSSR count). The summed E-state index contributed by atoms with van der Waals surface area (Å²) >= 11 is 0. The van der Waals surface area contributed by atoms with E-state index in [1.54, 1.807) is 24.3 Å². The number of benzene rings is 1. The Morgan fingerprint density at radius 2 is 1.53 bits per heavy atom. The Kier molecular flexibility index (Phi) is 12.4. The fourth-order valence-corrected chi connectivity index (χ4v) is 2.96. The Bertz CT molecular complexity index is 907. The maximum atomic E-state index is 12.6. The summed E-state index contributed by atoms with van der Waals surface area (Å²) < 4.78 is 5.12. The molecule has 0 radical (unpaired) electrons. The van der Waals surface area contributed by atoms with E-state index in [0.717, 1.165) is 5.56 Å². The molecule has 12 heteroatoms. The molecule has 4 amide bonds. The molecule has 36 heavy (non-hydrogen) atoms. The average Bonchev–Trinajstić information content (AvgIpc) is 2.82. The maximum absolute atomic E-state index is 12.6. The van der Waals surface area contributed by atoms with Gasteiger partial charge in [-0.05, 0) is 59.1 Å². The number of hydrogen-bond acceptors (Lipinski definition) is 7. The van der Waals surface area contributed by atoms with Crippen LogP contribution in [0.2, 0.25) is 0 Å². The highest BCUT2D eigenvalue weighted by molar-refractivity contribution is 5.95. The number of nitrogens with two attached hydrogens (primary N) is 1. The molecular weight excluding hydrogens is 470 g/mol. The zero-order valence-corrected chi connectivity index (χ0v) is 21.1. The zero-order valence-electron chi connectivity index (χ0n) is 21.1. The lowest BCUT2D eigenvalue weighted by Gasteiger charge is -2.27. The Labute approximate surface area is 210 Å². The normalized spacial score (nSPS) is 13.5. The molecule has 0 saturated carbocycles. The first kappa shape index (κ1) is 30.4. The molecule has 0 aliphatic heterocycles. The first-order valence-electron chi connectivity index (χ1n) is 11.7. The fraction of sp³-hybridized carbons (Fsp3) is 0.542. The predicted octanol–water partition coefficient (Wildman–Crippen LogP) is 0.399. The van der Waals surface area contributed by atoms with E-state index in [2.05, 4.69) is 21.3 Å². The number of amides is 4. The molecule has 0 saturated heterocycles. The molecular formula is C24H37N5O7. The summed E-state index contributed by atoms with van der Waals surface area (Å²) in [4.78, 5) is 61.0. The second-order valence-electron chi connectivity index (χ2n) is 8.92. The van der Waals surface area contributed by atoms with Crippen molar-refractivity contribution in [1.82, 2.24) is 21.3 Å². The summed E-state index contributed by atoms with van der Waals surface area (Å²) in [6.07, 6.45) is 0.558. The van der Waals surface area contributed by atoms with E-state index in [1.807, 2.05) is 6.07 Å². The van der Waals surface area contributed by atoms with Gasteiger partial charge in [-0.2, -0.15) is 0 Å². The number of carbonyl (C=O) groups is 5. The summed E-state index contributed by atoms with van der Waals surface area (Å²) in [6, 6.07) is 5.82. The van der Waals surface area contributed by atoms with Gasteiger partial charge in [0.1, 0.15) is 30.3 Å². The van der Waals surface area contributed by atoms with Gasteiger partial charge in [0.15, 0.2) is 0 Å². The third-order valence-electron chi connectivity index (χ3n) is 5.25.